The van der Waals surface area contributed by atoms with E-state index in [0.717, 1.165) is 18.8 Å². The molecule has 1 aromatic rings. The largest absolute Gasteiger partial charge is 0.488 e. The molecular formula is C24H39FO. The van der Waals surface area contributed by atoms with Gasteiger partial charge in [0.15, 0.2) is 11.6 Å². The maximum absolute atomic E-state index is 14.4. The Morgan fingerprint density at radius 2 is 1.73 bits per heavy atom. The quantitative estimate of drug-likeness (QED) is 0.362. The average molecular weight is 363 g/mol. The Morgan fingerprint density at radius 1 is 1.00 bits per heavy atom. The van der Waals surface area contributed by atoms with Gasteiger partial charge in [-0.3, -0.25) is 0 Å². The highest BCUT2D eigenvalue weighted by Crippen LogP contribution is 2.38. The van der Waals surface area contributed by atoms with Gasteiger partial charge in [0.1, 0.15) is 0 Å². The lowest BCUT2D eigenvalue weighted by atomic mass is 9.77. The lowest BCUT2D eigenvalue weighted by molar-refractivity contribution is 0.200. The smallest absolute Gasteiger partial charge is 0.165 e. The van der Waals surface area contributed by atoms with E-state index < -0.39 is 0 Å². The fourth-order valence-corrected chi connectivity index (χ4v) is 4.37. The third-order valence-corrected chi connectivity index (χ3v) is 6.01. The van der Waals surface area contributed by atoms with E-state index >= 15 is 0 Å². The van der Waals surface area contributed by atoms with Gasteiger partial charge in [0.25, 0.3) is 0 Å². The van der Waals surface area contributed by atoms with E-state index in [9.17, 15) is 4.39 Å². The number of hydrogen-bond donors (Lipinski definition) is 0. The first-order valence-electron chi connectivity index (χ1n) is 11.1. The van der Waals surface area contributed by atoms with Gasteiger partial charge in [0, 0.05) is 0 Å². The Labute approximate surface area is 160 Å². The van der Waals surface area contributed by atoms with Gasteiger partial charge in [-0.1, -0.05) is 64.9 Å². The molecule has 0 N–H and O–H groups in total. The van der Waals surface area contributed by atoms with E-state index in [1.807, 2.05) is 13.0 Å². The van der Waals surface area contributed by atoms with E-state index in [1.165, 1.54) is 69.8 Å². The summed E-state index contributed by atoms with van der Waals surface area (Å²) in [6.07, 6.45) is 15.4. The summed E-state index contributed by atoms with van der Waals surface area (Å²) in [6.45, 7) is 6.41. The molecule has 1 aliphatic carbocycles. The minimum absolute atomic E-state index is 0.0770. The van der Waals surface area contributed by atoms with Crippen molar-refractivity contribution >= 4 is 0 Å². The molecule has 1 saturated carbocycles. The topological polar surface area (TPSA) is 9.23 Å². The van der Waals surface area contributed by atoms with E-state index in [4.69, 9.17) is 4.74 Å². The Hall–Kier alpha value is -1.05. The number of unbranched alkanes of at least 4 members (excludes halogenated alkanes) is 4. The first-order valence-corrected chi connectivity index (χ1v) is 11.1. The van der Waals surface area contributed by atoms with Gasteiger partial charge in [0.2, 0.25) is 0 Å². The molecule has 0 aromatic heterocycles. The summed E-state index contributed by atoms with van der Waals surface area (Å²) >= 11 is 0. The van der Waals surface area contributed by atoms with Crippen LogP contribution in [0.4, 0.5) is 4.39 Å². The Kier molecular flexibility index (Phi) is 9.50. The van der Waals surface area contributed by atoms with Crippen LogP contribution < -0.4 is 4.74 Å². The van der Waals surface area contributed by atoms with Crippen molar-refractivity contribution in [3.63, 3.8) is 0 Å². The minimum Gasteiger partial charge on any atom is -0.488 e. The average Bonchev–Trinajstić information content (AvgIpc) is 2.64. The highest BCUT2D eigenvalue weighted by Gasteiger charge is 2.23. The molecule has 0 heterocycles. The van der Waals surface area contributed by atoms with Crippen LogP contribution in [0, 0.1) is 11.7 Å². The second-order valence-corrected chi connectivity index (χ2v) is 8.33. The highest BCUT2D eigenvalue weighted by atomic mass is 19.1. The van der Waals surface area contributed by atoms with Crippen molar-refractivity contribution in [2.75, 3.05) is 0 Å². The van der Waals surface area contributed by atoms with Crippen LogP contribution >= 0.6 is 0 Å². The van der Waals surface area contributed by atoms with Crippen LogP contribution in [-0.2, 0) is 0 Å². The summed E-state index contributed by atoms with van der Waals surface area (Å²) < 4.78 is 20.2. The van der Waals surface area contributed by atoms with E-state index in [0.29, 0.717) is 11.7 Å². The predicted molar refractivity (Wildman–Crippen MR) is 109 cm³/mol. The number of benzene rings is 1. The number of ether oxygens (including phenoxy) is 1. The van der Waals surface area contributed by atoms with Crippen molar-refractivity contribution in [3.8, 4) is 5.75 Å². The van der Waals surface area contributed by atoms with Gasteiger partial charge in [-0.2, -0.15) is 0 Å². The number of halogens is 1. The Bertz CT molecular complexity index is 505. The molecule has 1 aliphatic rings. The summed E-state index contributed by atoms with van der Waals surface area (Å²) in [5.41, 5.74) is 1.17. The lowest BCUT2D eigenvalue weighted by Crippen LogP contribution is -2.14. The summed E-state index contributed by atoms with van der Waals surface area (Å²) in [4.78, 5) is 0. The third-order valence-electron chi connectivity index (χ3n) is 6.01. The Balaban J connectivity index is 1.77. The number of rotatable bonds is 11. The molecule has 1 atom stereocenters. The summed E-state index contributed by atoms with van der Waals surface area (Å²) in [5.74, 6) is 1.65. The second kappa shape index (κ2) is 11.6. The zero-order valence-corrected chi connectivity index (χ0v) is 17.2. The van der Waals surface area contributed by atoms with Crippen molar-refractivity contribution < 1.29 is 9.13 Å². The van der Waals surface area contributed by atoms with Gasteiger partial charge in [-0.15, -0.1) is 0 Å². The van der Waals surface area contributed by atoms with Crippen molar-refractivity contribution in [2.45, 2.75) is 110 Å². The second-order valence-electron chi connectivity index (χ2n) is 8.33. The van der Waals surface area contributed by atoms with Crippen LogP contribution in [0.2, 0.25) is 0 Å². The molecule has 1 unspecified atom stereocenters. The first kappa shape index (κ1) is 21.3. The van der Waals surface area contributed by atoms with Gasteiger partial charge < -0.3 is 4.74 Å². The summed E-state index contributed by atoms with van der Waals surface area (Å²) in [5, 5.41) is 0. The van der Waals surface area contributed by atoms with Gasteiger partial charge in [-0.05, 0) is 68.6 Å². The molecule has 1 nitrogen and oxygen atoms in total. The fraction of sp³-hybridized carbons (Fsp3) is 0.750. The molecular weight excluding hydrogens is 323 g/mol. The molecule has 26 heavy (non-hydrogen) atoms. The minimum atomic E-state index is -0.191. The van der Waals surface area contributed by atoms with Crippen LogP contribution in [-0.4, -0.2) is 6.10 Å². The molecule has 0 saturated heterocycles. The van der Waals surface area contributed by atoms with Crippen molar-refractivity contribution in [1.29, 1.82) is 0 Å². The van der Waals surface area contributed by atoms with E-state index in [1.54, 1.807) is 6.07 Å². The Morgan fingerprint density at radius 3 is 2.38 bits per heavy atom. The van der Waals surface area contributed by atoms with Crippen molar-refractivity contribution in [3.05, 3.63) is 29.6 Å². The molecule has 148 valence electrons. The molecule has 0 bridgehead atoms. The molecule has 2 rings (SSSR count). The van der Waals surface area contributed by atoms with Crippen LogP contribution in [0.15, 0.2) is 18.2 Å². The van der Waals surface area contributed by atoms with Crippen LogP contribution in [0.3, 0.4) is 0 Å². The molecule has 1 aromatic carbocycles. The van der Waals surface area contributed by atoms with Gasteiger partial charge in [0.05, 0.1) is 6.10 Å². The maximum Gasteiger partial charge on any atom is 0.165 e. The number of hydrogen-bond acceptors (Lipinski definition) is 1. The normalized spacial score (nSPS) is 21.5. The molecule has 0 spiro atoms. The predicted octanol–water partition coefficient (Wildman–Crippen LogP) is 8.03. The first-order chi connectivity index (χ1) is 12.6. The highest BCUT2D eigenvalue weighted by molar-refractivity contribution is 5.31. The monoisotopic (exact) mass is 362 g/mol. The fourth-order valence-electron chi connectivity index (χ4n) is 4.37. The third kappa shape index (κ3) is 6.93. The van der Waals surface area contributed by atoms with Crippen LogP contribution in [0.5, 0.6) is 5.75 Å². The molecule has 0 aliphatic heterocycles. The summed E-state index contributed by atoms with van der Waals surface area (Å²) in [7, 11) is 0. The summed E-state index contributed by atoms with van der Waals surface area (Å²) in [6, 6.07) is 5.66. The molecule has 1 fully saturated rings. The van der Waals surface area contributed by atoms with Gasteiger partial charge >= 0.3 is 0 Å². The van der Waals surface area contributed by atoms with E-state index in [2.05, 4.69) is 19.9 Å². The van der Waals surface area contributed by atoms with Crippen molar-refractivity contribution in [1.82, 2.24) is 0 Å². The maximum atomic E-state index is 14.4. The molecule has 0 radical (unpaired) electrons. The van der Waals surface area contributed by atoms with Crippen LogP contribution in [0.1, 0.15) is 109 Å². The van der Waals surface area contributed by atoms with E-state index in [-0.39, 0.29) is 11.9 Å². The zero-order valence-electron chi connectivity index (χ0n) is 17.2. The molecule has 2 heteroatoms. The lowest BCUT2D eigenvalue weighted by Gasteiger charge is -2.29. The van der Waals surface area contributed by atoms with Crippen LogP contribution in [0.25, 0.3) is 0 Å². The van der Waals surface area contributed by atoms with Crippen molar-refractivity contribution in [2.24, 2.45) is 5.92 Å². The zero-order chi connectivity index (χ0) is 18.8. The standard InChI is InChI=1S/C24H39FO/c1-4-6-7-8-9-11-20-12-14-21(15-13-20)22-16-17-24(23(25)18-22)26-19(3)10-5-2/h16-21H,4-15H2,1-3H3. The SMILES string of the molecule is CCCCCCCC1CCC(c2ccc(OC(C)CCC)c(F)c2)CC1. The molecule has 0 amide bonds. The van der Waals surface area contributed by atoms with Gasteiger partial charge in [-0.25, -0.2) is 4.39 Å².